The van der Waals surface area contributed by atoms with E-state index in [1.807, 2.05) is 0 Å². The molecule has 13 heteroatoms. The average Bonchev–Trinajstić information content (AvgIpc) is 3.19. The second-order valence-electron chi connectivity index (χ2n) is 12.9. The Hall–Kier alpha value is -2.61. The third kappa shape index (κ3) is 10.4. The van der Waals surface area contributed by atoms with Crippen molar-refractivity contribution in [2.45, 2.75) is 56.8 Å². The van der Waals surface area contributed by atoms with E-state index in [4.69, 9.17) is 16.0 Å². The SMILES string of the molecule is CN1CCCN(CCC(=O)Nc2cc(Nc3cc(-c4cc(Cl)ccc4F)nnc3SCCO[Si](C)(C)C(C)(C)C)ccn2)CC1. The first-order valence-corrected chi connectivity index (χ1v) is 19.6. The van der Waals surface area contributed by atoms with Crippen LogP contribution in [0.2, 0.25) is 23.2 Å². The first-order valence-electron chi connectivity index (χ1n) is 15.3. The summed E-state index contributed by atoms with van der Waals surface area (Å²) in [6.45, 7) is 16.4. The number of thioether (sulfide) groups is 1. The molecule has 244 valence electrons. The summed E-state index contributed by atoms with van der Waals surface area (Å²) in [6.07, 6.45) is 3.13. The molecular weight excluding hydrogens is 629 g/mol. The van der Waals surface area contributed by atoms with Crippen LogP contribution in [0.5, 0.6) is 0 Å². The number of anilines is 3. The maximum atomic E-state index is 14.7. The molecule has 2 aromatic heterocycles. The standard InChI is InChI=1S/C32H45ClFN7O2SSi/c1-32(2,3)45(5,6)43-18-19-44-31-28(22-27(38-39-31)25-20-23(33)8-9-26(25)34)36-24-10-12-35-29(21-24)37-30(42)11-15-41-14-7-13-40(4)16-17-41/h8-10,12,20-22H,7,11,13-19H2,1-6H3,(H2,35,36,37,38,42). The number of likely N-dealkylation sites (N-methyl/N-ethyl adjacent to an activating group) is 1. The van der Waals surface area contributed by atoms with Crippen molar-refractivity contribution < 1.29 is 13.6 Å². The number of carbonyl (C=O) groups excluding carboxylic acids is 1. The highest BCUT2D eigenvalue weighted by atomic mass is 35.5. The number of benzene rings is 1. The molecule has 0 atom stereocenters. The van der Waals surface area contributed by atoms with Crippen LogP contribution < -0.4 is 10.6 Å². The highest BCUT2D eigenvalue weighted by molar-refractivity contribution is 7.99. The first kappa shape index (κ1) is 35.2. The van der Waals surface area contributed by atoms with E-state index in [1.165, 1.54) is 30.0 Å². The zero-order valence-electron chi connectivity index (χ0n) is 27.1. The molecule has 0 bridgehead atoms. The lowest BCUT2D eigenvalue weighted by molar-refractivity contribution is -0.116. The maximum absolute atomic E-state index is 14.7. The maximum Gasteiger partial charge on any atom is 0.226 e. The second-order valence-corrected chi connectivity index (χ2v) is 19.2. The third-order valence-corrected chi connectivity index (χ3v) is 14.0. The molecule has 1 saturated heterocycles. The lowest BCUT2D eigenvalue weighted by Gasteiger charge is -2.36. The molecule has 3 heterocycles. The molecule has 1 amide bonds. The smallest absolute Gasteiger partial charge is 0.226 e. The fourth-order valence-electron chi connectivity index (χ4n) is 4.57. The van der Waals surface area contributed by atoms with Crippen LogP contribution in [0.3, 0.4) is 0 Å². The van der Waals surface area contributed by atoms with Crippen molar-refractivity contribution in [1.29, 1.82) is 0 Å². The minimum Gasteiger partial charge on any atom is -0.416 e. The van der Waals surface area contributed by atoms with E-state index in [9.17, 15) is 9.18 Å². The largest absolute Gasteiger partial charge is 0.416 e. The molecule has 1 aromatic carbocycles. The predicted octanol–water partition coefficient (Wildman–Crippen LogP) is 7.15. The van der Waals surface area contributed by atoms with E-state index < -0.39 is 14.1 Å². The van der Waals surface area contributed by atoms with Crippen molar-refractivity contribution in [3.63, 3.8) is 0 Å². The first-order chi connectivity index (χ1) is 21.3. The second kappa shape index (κ2) is 15.8. The van der Waals surface area contributed by atoms with Gasteiger partial charge in [0.15, 0.2) is 8.32 Å². The fraction of sp³-hybridized carbons (Fsp3) is 0.500. The molecule has 1 fully saturated rings. The molecule has 0 spiro atoms. The van der Waals surface area contributed by atoms with E-state index in [0.717, 1.165) is 32.6 Å². The Morgan fingerprint density at radius 3 is 2.69 bits per heavy atom. The van der Waals surface area contributed by atoms with Crippen LogP contribution in [-0.4, -0.2) is 91.3 Å². The van der Waals surface area contributed by atoms with Gasteiger partial charge in [0.1, 0.15) is 16.7 Å². The van der Waals surface area contributed by atoms with Crippen LogP contribution in [0.1, 0.15) is 33.6 Å². The van der Waals surface area contributed by atoms with Gasteiger partial charge in [0.05, 0.1) is 11.4 Å². The van der Waals surface area contributed by atoms with Crippen molar-refractivity contribution in [2.24, 2.45) is 0 Å². The number of amides is 1. The van der Waals surface area contributed by atoms with Crippen molar-refractivity contribution in [3.8, 4) is 11.3 Å². The predicted molar refractivity (Wildman–Crippen MR) is 186 cm³/mol. The molecule has 0 saturated carbocycles. The summed E-state index contributed by atoms with van der Waals surface area (Å²) in [5, 5.41) is 16.3. The minimum atomic E-state index is -1.89. The van der Waals surface area contributed by atoms with Gasteiger partial charge in [-0.15, -0.1) is 22.0 Å². The monoisotopic (exact) mass is 673 g/mol. The molecule has 45 heavy (non-hydrogen) atoms. The van der Waals surface area contributed by atoms with Gasteiger partial charge in [-0.25, -0.2) is 9.37 Å². The normalized spacial score (nSPS) is 15.1. The Bertz CT molecular complexity index is 1460. The Morgan fingerprint density at radius 1 is 1.11 bits per heavy atom. The van der Waals surface area contributed by atoms with E-state index in [1.54, 1.807) is 24.4 Å². The van der Waals surface area contributed by atoms with Gasteiger partial charge in [-0.05, 0) is 75.0 Å². The number of carbonyl (C=O) groups is 1. The highest BCUT2D eigenvalue weighted by Crippen LogP contribution is 2.37. The number of pyridine rings is 1. The van der Waals surface area contributed by atoms with Crippen LogP contribution in [0.4, 0.5) is 21.6 Å². The molecule has 2 N–H and O–H groups in total. The number of hydrogen-bond acceptors (Lipinski definition) is 9. The van der Waals surface area contributed by atoms with Gasteiger partial charge >= 0.3 is 0 Å². The Kier molecular flexibility index (Phi) is 12.4. The van der Waals surface area contributed by atoms with Crippen LogP contribution >= 0.6 is 23.4 Å². The minimum absolute atomic E-state index is 0.0838. The number of halogens is 2. The van der Waals surface area contributed by atoms with Crippen molar-refractivity contribution in [3.05, 3.63) is 53.4 Å². The van der Waals surface area contributed by atoms with Gasteiger partial charge in [-0.3, -0.25) is 4.79 Å². The quantitative estimate of drug-likeness (QED) is 0.118. The average molecular weight is 674 g/mol. The van der Waals surface area contributed by atoms with E-state index >= 15 is 0 Å². The highest BCUT2D eigenvalue weighted by Gasteiger charge is 2.36. The summed E-state index contributed by atoms with van der Waals surface area (Å²) in [7, 11) is 0.244. The lowest BCUT2D eigenvalue weighted by atomic mass is 10.1. The lowest BCUT2D eigenvalue weighted by Crippen LogP contribution is -2.41. The van der Waals surface area contributed by atoms with Crippen molar-refractivity contribution >= 4 is 54.8 Å². The fourth-order valence-corrected chi connectivity index (χ4v) is 6.66. The number of aromatic nitrogens is 3. The van der Waals surface area contributed by atoms with Crippen molar-refractivity contribution in [2.75, 3.05) is 62.8 Å². The Morgan fingerprint density at radius 2 is 1.91 bits per heavy atom. The van der Waals surface area contributed by atoms with Crippen LogP contribution in [0, 0.1) is 5.82 Å². The molecule has 9 nitrogen and oxygen atoms in total. The zero-order valence-corrected chi connectivity index (χ0v) is 29.7. The molecule has 3 aromatic rings. The molecule has 1 aliphatic heterocycles. The van der Waals surface area contributed by atoms with E-state index in [0.29, 0.717) is 58.3 Å². The molecular formula is C32H45ClFN7O2SSi. The van der Waals surface area contributed by atoms with E-state index in [2.05, 4.69) is 76.5 Å². The van der Waals surface area contributed by atoms with Crippen LogP contribution in [0.15, 0.2) is 47.6 Å². The number of nitrogens with one attached hydrogen (secondary N) is 2. The number of nitrogens with zero attached hydrogens (tertiary/aromatic N) is 5. The molecule has 0 aliphatic carbocycles. The topological polar surface area (TPSA) is 95.5 Å². The van der Waals surface area contributed by atoms with Gasteiger partial charge in [0.2, 0.25) is 5.91 Å². The van der Waals surface area contributed by atoms with Gasteiger partial charge in [0.25, 0.3) is 0 Å². The molecule has 4 rings (SSSR count). The zero-order chi connectivity index (χ0) is 32.6. The summed E-state index contributed by atoms with van der Waals surface area (Å²) in [5.41, 5.74) is 1.95. The third-order valence-electron chi connectivity index (χ3n) is 8.33. The summed E-state index contributed by atoms with van der Waals surface area (Å²) >= 11 is 7.68. The van der Waals surface area contributed by atoms with Gasteiger partial charge in [0, 0.05) is 67.0 Å². The van der Waals surface area contributed by atoms with Crippen molar-refractivity contribution in [1.82, 2.24) is 25.0 Å². The number of rotatable bonds is 12. The van der Waals surface area contributed by atoms with Gasteiger partial charge in [-0.2, -0.15) is 0 Å². The number of hydrogen-bond donors (Lipinski definition) is 2. The Balaban J connectivity index is 1.47. The molecule has 0 unspecified atom stereocenters. The molecule has 0 radical (unpaired) electrons. The van der Waals surface area contributed by atoms with Crippen LogP contribution in [-0.2, 0) is 9.22 Å². The summed E-state index contributed by atoms with van der Waals surface area (Å²) < 4.78 is 21.1. The Labute approximate surface area is 276 Å². The van der Waals surface area contributed by atoms with Gasteiger partial charge < -0.3 is 24.9 Å². The summed E-state index contributed by atoms with van der Waals surface area (Å²) in [4.78, 5) is 21.8. The summed E-state index contributed by atoms with van der Waals surface area (Å²) in [5.74, 6) is 0.593. The van der Waals surface area contributed by atoms with Crippen LogP contribution in [0.25, 0.3) is 11.3 Å². The van der Waals surface area contributed by atoms with E-state index in [-0.39, 0.29) is 16.5 Å². The molecule has 1 aliphatic rings. The van der Waals surface area contributed by atoms with Gasteiger partial charge in [-0.1, -0.05) is 32.4 Å². The summed E-state index contributed by atoms with van der Waals surface area (Å²) in [6, 6.07) is 9.69.